The number of hydrogen-bond acceptors (Lipinski definition) is 6. The SMILES string of the molecule is [B]c1ncc(OCC[C@@H](C)C2CCN(c3nc(C(C)C)no3)CC2)cc1C. The van der Waals surface area contributed by atoms with Gasteiger partial charge >= 0.3 is 6.01 Å². The zero-order chi connectivity index (χ0) is 19.4. The van der Waals surface area contributed by atoms with Crippen molar-refractivity contribution in [2.45, 2.75) is 52.9 Å². The summed E-state index contributed by atoms with van der Waals surface area (Å²) in [5.74, 6) is 3.18. The van der Waals surface area contributed by atoms with Crippen molar-refractivity contribution in [1.82, 2.24) is 15.1 Å². The lowest BCUT2D eigenvalue weighted by Crippen LogP contribution is -2.36. The van der Waals surface area contributed by atoms with Gasteiger partial charge < -0.3 is 14.2 Å². The van der Waals surface area contributed by atoms with Gasteiger partial charge in [-0.25, -0.2) is 0 Å². The summed E-state index contributed by atoms with van der Waals surface area (Å²) in [5, 5.41) is 4.07. The molecule has 0 N–H and O–H groups in total. The van der Waals surface area contributed by atoms with E-state index in [0.29, 0.717) is 36.0 Å². The molecule has 1 saturated heterocycles. The summed E-state index contributed by atoms with van der Waals surface area (Å²) in [6.07, 6.45) is 5.01. The molecule has 2 aromatic rings. The molecule has 1 aliphatic rings. The Morgan fingerprint density at radius 2 is 2.04 bits per heavy atom. The fraction of sp³-hybridized carbons (Fsp3) is 0.650. The highest BCUT2D eigenvalue weighted by Crippen LogP contribution is 2.29. The summed E-state index contributed by atoms with van der Waals surface area (Å²) in [6.45, 7) is 11.1. The molecule has 0 spiro atoms. The Morgan fingerprint density at radius 1 is 1.30 bits per heavy atom. The third kappa shape index (κ3) is 5.02. The van der Waals surface area contributed by atoms with Gasteiger partial charge in [0.15, 0.2) is 5.82 Å². The van der Waals surface area contributed by atoms with E-state index in [4.69, 9.17) is 17.1 Å². The van der Waals surface area contributed by atoms with Crippen LogP contribution >= 0.6 is 0 Å². The minimum Gasteiger partial charge on any atom is -0.492 e. The van der Waals surface area contributed by atoms with Gasteiger partial charge in [0, 0.05) is 19.0 Å². The van der Waals surface area contributed by atoms with Crippen LogP contribution in [-0.2, 0) is 0 Å². The second kappa shape index (κ2) is 8.76. The van der Waals surface area contributed by atoms with Crippen molar-refractivity contribution in [2.75, 3.05) is 24.6 Å². The number of hydrogen-bond donors (Lipinski definition) is 0. The standard InChI is InChI=1S/C20H29BN4O2/c1-13(2)19-23-20(27-24-19)25-8-5-16(6-9-25)14(3)7-10-26-17-11-15(4)18(21)22-12-17/h11-14,16H,5-10H2,1-4H3/t14-/m1/s1. The van der Waals surface area contributed by atoms with Crippen molar-refractivity contribution < 1.29 is 9.26 Å². The van der Waals surface area contributed by atoms with E-state index in [-0.39, 0.29) is 0 Å². The molecule has 144 valence electrons. The normalized spacial score (nSPS) is 16.7. The summed E-state index contributed by atoms with van der Waals surface area (Å²) in [7, 11) is 5.75. The molecule has 1 atom stereocenters. The van der Waals surface area contributed by atoms with Gasteiger partial charge in [-0.2, -0.15) is 4.98 Å². The maximum atomic E-state index is 5.86. The van der Waals surface area contributed by atoms with Crippen LogP contribution in [0.3, 0.4) is 0 Å². The van der Waals surface area contributed by atoms with E-state index in [1.54, 1.807) is 6.20 Å². The number of ether oxygens (including phenoxy) is 1. The van der Waals surface area contributed by atoms with Crippen LogP contribution in [0, 0.1) is 18.8 Å². The molecule has 0 aliphatic carbocycles. The van der Waals surface area contributed by atoms with E-state index >= 15 is 0 Å². The first-order valence-corrected chi connectivity index (χ1v) is 9.87. The molecule has 3 rings (SSSR count). The molecule has 3 heterocycles. The van der Waals surface area contributed by atoms with Gasteiger partial charge in [-0.3, -0.25) is 4.98 Å². The van der Waals surface area contributed by atoms with Crippen molar-refractivity contribution in [2.24, 2.45) is 11.8 Å². The van der Waals surface area contributed by atoms with E-state index < -0.39 is 0 Å². The molecular weight excluding hydrogens is 339 g/mol. The molecule has 0 saturated carbocycles. The molecule has 7 heteroatoms. The zero-order valence-corrected chi connectivity index (χ0v) is 16.8. The zero-order valence-electron chi connectivity index (χ0n) is 16.8. The fourth-order valence-electron chi connectivity index (χ4n) is 3.49. The number of pyridine rings is 1. The van der Waals surface area contributed by atoms with E-state index in [9.17, 15) is 0 Å². The predicted molar refractivity (Wildman–Crippen MR) is 107 cm³/mol. The molecule has 6 nitrogen and oxygen atoms in total. The summed E-state index contributed by atoms with van der Waals surface area (Å²) < 4.78 is 11.3. The Kier molecular flexibility index (Phi) is 6.40. The van der Waals surface area contributed by atoms with Crippen LogP contribution in [-0.4, -0.2) is 42.7 Å². The summed E-state index contributed by atoms with van der Waals surface area (Å²) in [6, 6.07) is 2.61. The Bertz CT molecular complexity index is 741. The highest BCUT2D eigenvalue weighted by Gasteiger charge is 2.26. The number of piperidine rings is 1. The predicted octanol–water partition coefficient (Wildman–Crippen LogP) is 3.01. The Labute approximate surface area is 163 Å². The molecule has 0 amide bonds. The number of nitrogens with zero attached hydrogens (tertiary/aromatic N) is 4. The van der Waals surface area contributed by atoms with Gasteiger partial charge in [-0.15, -0.1) is 0 Å². The van der Waals surface area contributed by atoms with Gasteiger partial charge in [0.25, 0.3) is 0 Å². The van der Waals surface area contributed by atoms with Crippen molar-refractivity contribution in [3.05, 3.63) is 23.7 Å². The average Bonchev–Trinajstić information content (AvgIpc) is 3.15. The first kappa shape index (κ1) is 19.7. The van der Waals surface area contributed by atoms with Crippen molar-refractivity contribution in [3.63, 3.8) is 0 Å². The molecular formula is C20H29BN4O2. The van der Waals surface area contributed by atoms with Gasteiger partial charge in [0.2, 0.25) is 0 Å². The number of aromatic nitrogens is 3. The maximum Gasteiger partial charge on any atom is 0.324 e. The van der Waals surface area contributed by atoms with Gasteiger partial charge in [-0.1, -0.05) is 25.9 Å². The maximum absolute atomic E-state index is 5.86. The van der Waals surface area contributed by atoms with E-state index in [2.05, 4.69) is 40.8 Å². The topological polar surface area (TPSA) is 64.3 Å². The Balaban J connectivity index is 1.42. The third-order valence-corrected chi connectivity index (χ3v) is 5.50. The lowest BCUT2D eigenvalue weighted by Gasteiger charge is -2.33. The van der Waals surface area contributed by atoms with Crippen LogP contribution in [0.15, 0.2) is 16.8 Å². The van der Waals surface area contributed by atoms with Crippen LogP contribution in [0.4, 0.5) is 6.01 Å². The minimum absolute atomic E-state index is 0.292. The monoisotopic (exact) mass is 368 g/mol. The van der Waals surface area contributed by atoms with Crippen molar-refractivity contribution in [3.8, 4) is 5.75 Å². The Morgan fingerprint density at radius 3 is 2.67 bits per heavy atom. The molecule has 0 unspecified atom stereocenters. The highest BCUT2D eigenvalue weighted by atomic mass is 16.5. The first-order chi connectivity index (χ1) is 12.9. The molecule has 1 aliphatic heterocycles. The van der Waals surface area contributed by atoms with Crippen LogP contribution in [0.2, 0.25) is 0 Å². The van der Waals surface area contributed by atoms with Crippen molar-refractivity contribution in [1.29, 1.82) is 0 Å². The Hall–Kier alpha value is -2.05. The van der Waals surface area contributed by atoms with Crippen molar-refractivity contribution >= 4 is 19.5 Å². The molecule has 0 aromatic carbocycles. The molecule has 27 heavy (non-hydrogen) atoms. The van der Waals surface area contributed by atoms with E-state index in [0.717, 1.165) is 49.5 Å². The second-order valence-corrected chi connectivity index (χ2v) is 7.90. The highest BCUT2D eigenvalue weighted by molar-refractivity contribution is 6.31. The van der Waals surface area contributed by atoms with Crippen LogP contribution in [0.1, 0.15) is 57.3 Å². The van der Waals surface area contributed by atoms with Crippen LogP contribution < -0.4 is 15.2 Å². The molecule has 2 radical (unpaired) electrons. The largest absolute Gasteiger partial charge is 0.492 e. The lowest BCUT2D eigenvalue weighted by atomic mass is 9.84. The van der Waals surface area contributed by atoms with E-state index in [1.165, 1.54) is 0 Å². The summed E-state index contributed by atoms with van der Waals surface area (Å²) >= 11 is 0. The summed E-state index contributed by atoms with van der Waals surface area (Å²) in [5.41, 5.74) is 1.51. The first-order valence-electron chi connectivity index (χ1n) is 9.87. The number of rotatable bonds is 7. The number of aryl methyl sites for hydroxylation is 1. The molecule has 1 fully saturated rings. The summed E-state index contributed by atoms with van der Waals surface area (Å²) in [4.78, 5) is 10.9. The number of anilines is 1. The molecule has 2 aromatic heterocycles. The van der Waals surface area contributed by atoms with Gasteiger partial charge in [-0.05, 0) is 55.2 Å². The van der Waals surface area contributed by atoms with Gasteiger partial charge in [0.1, 0.15) is 13.6 Å². The smallest absolute Gasteiger partial charge is 0.324 e. The van der Waals surface area contributed by atoms with E-state index in [1.807, 2.05) is 13.0 Å². The van der Waals surface area contributed by atoms with Crippen LogP contribution in [0.25, 0.3) is 0 Å². The fourth-order valence-corrected chi connectivity index (χ4v) is 3.49. The van der Waals surface area contributed by atoms with Crippen LogP contribution in [0.5, 0.6) is 5.75 Å². The van der Waals surface area contributed by atoms with Gasteiger partial charge in [0.05, 0.1) is 12.8 Å². The molecule has 0 bridgehead atoms. The average molecular weight is 368 g/mol. The minimum atomic E-state index is 0.292. The second-order valence-electron chi connectivity index (χ2n) is 7.90. The lowest BCUT2D eigenvalue weighted by molar-refractivity contribution is 0.220. The quantitative estimate of drug-likeness (QED) is 0.700. The third-order valence-electron chi connectivity index (χ3n) is 5.50.